The predicted octanol–water partition coefficient (Wildman–Crippen LogP) is 2.63. The fourth-order valence-corrected chi connectivity index (χ4v) is 2.95. The van der Waals surface area contributed by atoms with Crippen molar-refractivity contribution in [2.75, 3.05) is 4.72 Å². The number of aliphatic hydroxyl groups is 1. The molecule has 6 heteroatoms. The Kier molecular flexibility index (Phi) is 4.09. The average Bonchev–Trinajstić information content (AvgIpc) is 2.41. The maximum Gasteiger partial charge on any atom is 0.261 e. The first-order valence-electron chi connectivity index (χ1n) is 5.50. The van der Waals surface area contributed by atoms with Crippen molar-refractivity contribution in [2.24, 2.45) is 0 Å². The standard InChI is InChI=1S/C13H12ClNO3S/c14-12-6-1-2-7-13(12)15-19(17,18)11-5-3-4-10(8-11)9-16/h1-8,15-16H,9H2. The summed E-state index contributed by atoms with van der Waals surface area (Å²) < 4.78 is 26.8. The van der Waals surface area contributed by atoms with Crippen molar-refractivity contribution in [1.29, 1.82) is 0 Å². The number of hydrogen-bond donors (Lipinski definition) is 2. The molecule has 0 heterocycles. The first-order chi connectivity index (χ1) is 9.03. The van der Waals surface area contributed by atoms with Gasteiger partial charge < -0.3 is 5.11 Å². The van der Waals surface area contributed by atoms with Crippen molar-refractivity contribution < 1.29 is 13.5 Å². The zero-order chi connectivity index (χ0) is 13.9. The largest absolute Gasteiger partial charge is 0.392 e. The summed E-state index contributed by atoms with van der Waals surface area (Å²) in [6.07, 6.45) is 0. The number of aliphatic hydroxyl groups excluding tert-OH is 1. The van der Waals surface area contributed by atoms with Crippen LogP contribution in [0.2, 0.25) is 5.02 Å². The predicted molar refractivity (Wildman–Crippen MR) is 74.6 cm³/mol. The molecule has 2 aromatic carbocycles. The van der Waals surface area contributed by atoms with E-state index in [2.05, 4.69) is 4.72 Å². The van der Waals surface area contributed by atoms with Gasteiger partial charge in [-0.05, 0) is 29.8 Å². The molecule has 100 valence electrons. The van der Waals surface area contributed by atoms with Crippen LogP contribution in [0.5, 0.6) is 0 Å². The van der Waals surface area contributed by atoms with Gasteiger partial charge in [-0.3, -0.25) is 4.72 Å². The molecule has 4 nitrogen and oxygen atoms in total. The van der Waals surface area contributed by atoms with Gasteiger partial charge in [0.05, 0.1) is 22.2 Å². The van der Waals surface area contributed by atoms with Crippen molar-refractivity contribution in [3.05, 3.63) is 59.1 Å². The van der Waals surface area contributed by atoms with Crippen molar-refractivity contribution >= 4 is 27.3 Å². The highest BCUT2D eigenvalue weighted by Crippen LogP contribution is 2.24. The molecule has 0 aromatic heterocycles. The van der Waals surface area contributed by atoms with Gasteiger partial charge in [0.15, 0.2) is 0 Å². The molecule has 0 radical (unpaired) electrons. The summed E-state index contributed by atoms with van der Waals surface area (Å²) in [7, 11) is -3.71. The van der Waals surface area contributed by atoms with Crippen LogP contribution in [0.15, 0.2) is 53.4 Å². The molecule has 0 aliphatic rings. The maximum atomic E-state index is 12.2. The Labute approximate surface area is 116 Å². The second kappa shape index (κ2) is 5.61. The summed E-state index contributed by atoms with van der Waals surface area (Å²) in [4.78, 5) is 0.0824. The number of para-hydroxylation sites is 1. The second-order valence-electron chi connectivity index (χ2n) is 3.89. The van der Waals surface area contributed by atoms with Gasteiger partial charge in [-0.1, -0.05) is 35.9 Å². The smallest absolute Gasteiger partial charge is 0.261 e. The Morgan fingerprint density at radius 1 is 1.11 bits per heavy atom. The molecule has 2 aromatic rings. The van der Waals surface area contributed by atoms with E-state index >= 15 is 0 Å². The van der Waals surface area contributed by atoms with Gasteiger partial charge in [0.25, 0.3) is 10.0 Å². The van der Waals surface area contributed by atoms with Crippen LogP contribution < -0.4 is 4.72 Å². The number of hydrogen-bond acceptors (Lipinski definition) is 3. The van der Waals surface area contributed by atoms with Crippen LogP contribution in [0.25, 0.3) is 0 Å². The number of sulfonamides is 1. The average molecular weight is 298 g/mol. The summed E-state index contributed by atoms with van der Waals surface area (Å²) in [5, 5.41) is 9.35. The third-order valence-corrected chi connectivity index (χ3v) is 4.20. The molecule has 0 saturated carbocycles. The Morgan fingerprint density at radius 2 is 1.84 bits per heavy atom. The molecule has 0 atom stereocenters. The van der Waals surface area contributed by atoms with Crippen molar-refractivity contribution in [3.63, 3.8) is 0 Å². The lowest BCUT2D eigenvalue weighted by atomic mass is 10.2. The van der Waals surface area contributed by atoms with Crippen molar-refractivity contribution in [1.82, 2.24) is 0 Å². The first kappa shape index (κ1) is 13.9. The van der Waals surface area contributed by atoms with Crippen molar-refractivity contribution in [3.8, 4) is 0 Å². The number of anilines is 1. The van der Waals surface area contributed by atoms with Gasteiger partial charge in [-0.15, -0.1) is 0 Å². The highest BCUT2D eigenvalue weighted by atomic mass is 35.5. The van der Waals surface area contributed by atoms with Crippen LogP contribution in [0.4, 0.5) is 5.69 Å². The lowest BCUT2D eigenvalue weighted by Gasteiger charge is -2.10. The van der Waals surface area contributed by atoms with Crippen LogP contribution >= 0.6 is 11.6 Å². The molecule has 0 aliphatic heterocycles. The van der Waals surface area contributed by atoms with E-state index in [-0.39, 0.29) is 11.5 Å². The van der Waals surface area contributed by atoms with Gasteiger partial charge in [-0.25, -0.2) is 8.42 Å². The zero-order valence-electron chi connectivity index (χ0n) is 9.88. The number of halogens is 1. The molecule has 0 unspecified atom stereocenters. The molecular formula is C13H12ClNO3S. The van der Waals surface area contributed by atoms with Crippen LogP contribution in [-0.2, 0) is 16.6 Å². The fraction of sp³-hybridized carbons (Fsp3) is 0.0769. The molecule has 2 N–H and O–H groups in total. The number of rotatable bonds is 4. The molecular weight excluding hydrogens is 286 g/mol. The SMILES string of the molecule is O=S(=O)(Nc1ccccc1Cl)c1cccc(CO)c1. The van der Waals surface area contributed by atoms with Crippen LogP contribution in [0.1, 0.15) is 5.56 Å². The minimum absolute atomic E-state index is 0.0824. The van der Waals surface area contributed by atoms with Crippen molar-refractivity contribution in [2.45, 2.75) is 11.5 Å². The Morgan fingerprint density at radius 3 is 2.53 bits per heavy atom. The zero-order valence-corrected chi connectivity index (χ0v) is 11.4. The topological polar surface area (TPSA) is 66.4 Å². The Bertz CT molecular complexity index is 686. The van der Waals surface area contributed by atoms with Gasteiger partial charge >= 0.3 is 0 Å². The van der Waals surface area contributed by atoms with Gasteiger partial charge in [0, 0.05) is 0 Å². The lowest BCUT2D eigenvalue weighted by molar-refractivity contribution is 0.281. The number of nitrogens with one attached hydrogen (secondary N) is 1. The van der Waals surface area contributed by atoms with E-state index in [0.717, 1.165) is 0 Å². The molecule has 19 heavy (non-hydrogen) atoms. The Hall–Kier alpha value is -1.56. The van der Waals surface area contributed by atoms with E-state index in [9.17, 15) is 8.42 Å². The Balaban J connectivity index is 2.35. The van der Waals surface area contributed by atoms with E-state index in [1.807, 2.05) is 0 Å². The molecule has 0 bridgehead atoms. The normalized spacial score (nSPS) is 11.3. The molecule has 0 spiro atoms. The lowest BCUT2D eigenvalue weighted by Crippen LogP contribution is -2.13. The summed E-state index contributed by atoms with van der Waals surface area (Å²) in [6.45, 7) is -0.213. The fourth-order valence-electron chi connectivity index (χ4n) is 1.56. The van der Waals surface area contributed by atoms with Gasteiger partial charge in [0.1, 0.15) is 0 Å². The number of benzene rings is 2. The van der Waals surface area contributed by atoms with E-state index < -0.39 is 10.0 Å². The third kappa shape index (κ3) is 3.26. The molecule has 0 amide bonds. The van der Waals surface area contributed by atoms with Crippen LogP contribution in [0.3, 0.4) is 0 Å². The molecule has 0 aliphatic carbocycles. The maximum absolute atomic E-state index is 12.2. The monoisotopic (exact) mass is 297 g/mol. The first-order valence-corrected chi connectivity index (χ1v) is 7.36. The van der Waals surface area contributed by atoms with Crippen LogP contribution in [-0.4, -0.2) is 13.5 Å². The van der Waals surface area contributed by atoms with Gasteiger partial charge in [0.2, 0.25) is 0 Å². The molecule has 0 saturated heterocycles. The summed E-state index contributed by atoms with van der Waals surface area (Å²) in [6, 6.07) is 12.7. The van der Waals surface area contributed by atoms with Gasteiger partial charge in [-0.2, -0.15) is 0 Å². The summed E-state index contributed by atoms with van der Waals surface area (Å²) in [5.41, 5.74) is 0.848. The highest BCUT2D eigenvalue weighted by Gasteiger charge is 2.15. The van der Waals surface area contributed by atoms with E-state index in [4.69, 9.17) is 16.7 Å². The van der Waals surface area contributed by atoms with E-state index in [1.165, 1.54) is 12.1 Å². The van der Waals surface area contributed by atoms with E-state index in [0.29, 0.717) is 16.3 Å². The third-order valence-electron chi connectivity index (χ3n) is 2.51. The quantitative estimate of drug-likeness (QED) is 0.911. The molecule has 2 rings (SSSR count). The minimum atomic E-state index is -3.71. The highest BCUT2D eigenvalue weighted by molar-refractivity contribution is 7.92. The van der Waals surface area contributed by atoms with Crippen LogP contribution in [0, 0.1) is 0 Å². The summed E-state index contributed by atoms with van der Waals surface area (Å²) in [5.74, 6) is 0. The summed E-state index contributed by atoms with van der Waals surface area (Å²) >= 11 is 5.91. The molecule has 0 fully saturated rings. The van der Waals surface area contributed by atoms with E-state index in [1.54, 1.807) is 36.4 Å². The second-order valence-corrected chi connectivity index (χ2v) is 5.98. The minimum Gasteiger partial charge on any atom is -0.392 e.